The van der Waals surface area contributed by atoms with Gasteiger partial charge >= 0.3 is 0 Å². The zero-order valence-corrected chi connectivity index (χ0v) is 16.8. The highest BCUT2D eigenvalue weighted by molar-refractivity contribution is 5.62. The third-order valence-corrected chi connectivity index (χ3v) is 4.37. The molecule has 0 saturated heterocycles. The molecule has 0 bridgehead atoms. The van der Waals surface area contributed by atoms with E-state index in [1.807, 2.05) is 18.2 Å². The van der Waals surface area contributed by atoms with Gasteiger partial charge in [-0.1, -0.05) is 91.6 Å². The molecule has 1 aliphatic rings. The molecule has 0 nitrogen and oxygen atoms in total. The molecule has 0 saturated carbocycles. The maximum absolute atomic E-state index is 3.97. The predicted molar refractivity (Wildman–Crippen MR) is 119 cm³/mol. The Bertz CT molecular complexity index is 750. The van der Waals surface area contributed by atoms with Gasteiger partial charge in [0.1, 0.15) is 0 Å². The topological polar surface area (TPSA) is 0 Å². The fourth-order valence-electron chi connectivity index (χ4n) is 2.80. The number of hydrogen-bond acceptors (Lipinski definition) is 0. The molecule has 0 unspecified atom stereocenters. The van der Waals surface area contributed by atoms with Crippen LogP contribution in [0.1, 0.15) is 40.5 Å². The molecule has 26 heavy (non-hydrogen) atoms. The molecule has 0 aromatic rings. The van der Waals surface area contributed by atoms with Gasteiger partial charge in [-0.2, -0.15) is 0 Å². The first kappa shape index (κ1) is 21.4. The van der Waals surface area contributed by atoms with Crippen LogP contribution in [0.5, 0.6) is 0 Å². The summed E-state index contributed by atoms with van der Waals surface area (Å²) in [4.78, 5) is 0. The maximum Gasteiger partial charge on any atom is -0.0152 e. The van der Waals surface area contributed by atoms with Crippen LogP contribution < -0.4 is 0 Å². The molecule has 0 fully saturated rings. The van der Waals surface area contributed by atoms with E-state index in [0.717, 1.165) is 18.4 Å². The third-order valence-electron chi connectivity index (χ3n) is 4.37. The lowest BCUT2D eigenvalue weighted by Crippen LogP contribution is -2.01. The number of rotatable bonds is 8. The molecule has 0 aromatic carbocycles. The zero-order chi connectivity index (χ0) is 19.4. The van der Waals surface area contributed by atoms with Crippen LogP contribution in [0.4, 0.5) is 0 Å². The van der Waals surface area contributed by atoms with E-state index in [1.54, 1.807) is 0 Å². The summed E-state index contributed by atoms with van der Waals surface area (Å²) in [5, 5.41) is 0. The van der Waals surface area contributed by atoms with Crippen molar-refractivity contribution in [1.82, 2.24) is 0 Å². The van der Waals surface area contributed by atoms with Crippen LogP contribution in [-0.2, 0) is 0 Å². The molecular formula is C26H32. The van der Waals surface area contributed by atoms with Gasteiger partial charge in [0.25, 0.3) is 0 Å². The second-order valence-electron chi connectivity index (χ2n) is 6.21. The largest absolute Gasteiger partial charge is 0.0990 e. The Hall–Kier alpha value is -2.60. The lowest BCUT2D eigenvalue weighted by atomic mass is 9.85. The second kappa shape index (κ2) is 11.9. The molecule has 0 spiro atoms. The Kier molecular flexibility index (Phi) is 9.79. The predicted octanol–water partition coefficient (Wildman–Crippen LogP) is 7.90. The van der Waals surface area contributed by atoms with E-state index in [1.165, 1.54) is 27.9 Å². The van der Waals surface area contributed by atoms with E-state index in [0.29, 0.717) is 0 Å². The van der Waals surface area contributed by atoms with Crippen molar-refractivity contribution >= 4 is 0 Å². The van der Waals surface area contributed by atoms with Crippen molar-refractivity contribution in [3.8, 4) is 0 Å². The van der Waals surface area contributed by atoms with Crippen molar-refractivity contribution in [3.05, 3.63) is 120 Å². The summed E-state index contributed by atoms with van der Waals surface area (Å²) in [7, 11) is 0. The van der Waals surface area contributed by atoms with Gasteiger partial charge in [-0.05, 0) is 68.4 Å². The van der Waals surface area contributed by atoms with E-state index in [2.05, 4.69) is 95.5 Å². The van der Waals surface area contributed by atoms with Crippen LogP contribution in [0.3, 0.4) is 0 Å². The molecular weight excluding hydrogens is 312 g/mol. The van der Waals surface area contributed by atoms with Crippen molar-refractivity contribution < 1.29 is 0 Å². The standard InChI is InChI=1S/C26H32/c1-7-15-23(10-4)26-20-14-13-19-25(26)22(6)24(16-8-2)18-12-11-17-21(5)9-3/h7-12,15-20H,1,4,13-14H2,2-3,5-6H3/b16-8-,17-11-,18-12-,21-9+,23-15+,24-22-. The van der Waals surface area contributed by atoms with Crippen LogP contribution in [0.2, 0.25) is 0 Å². The first-order valence-electron chi connectivity index (χ1n) is 9.26. The molecule has 0 aliphatic heterocycles. The van der Waals surface area contributed by atoms with E-state index >= 15 is 0 Å². The lowest BCUT2D eigenvalue weighted by molar-refractivity contribution is 0.997. The smallest absolute Gasteiger partial charge is 0.0152 e. The highest BCUT2D eigenvalue weighted by Crippen LogP contribution is 2.33. The average molecular weight is 345 g/mol. The van der Waals surface area contributed by atoms with Crippen molar-refractivity contribution in [2.24, 2.45) is 0 Å². The van der Waals surface area contributed by atoms with Crippen LogP contribution in [0.15, 0.2) is 120 Å². The van der Waals surface area contributed by atoms with E-state index in [-0.39, 0.29) is 0 Å². The van der Waals surface area contributed by atoms with Gasteiger partial charge in [-0.25, -0.2) is 0 Å². The quantitative estimate of drug-likeness (QED) is 0.392. The zero-order valence-electron chi connectivity index (χ0n) is 16.8. The lowest BCUT2D eigenvalue weighted by Gasteiger charge is -2.19. The maximum atomic E-state index is 3.97. The van der Waals surface area contributed by atoms with Gasteiger partial charge in [-0.3, -0.25) is 0 Å². The molecule has 1 aliphatic carbocycles. The summed E-state index contributed by atoms with van der Waals surface area (Å²) in [6, 6.07) is 0. The third kappa shape index (κ3) is 6.37. The molecule has 0 heteroatoms. The average Bonchev–Trinajstić information content (AvgIpc) is 2.67. The van der Waals surface area contributed by atoms with Crippen LogP contribution in [-0.4, -0.2) is 0 Å². The van der Waals surface area contributed by atoms with Crippen molar-refractivity contribution in [2.45, 2.75) is 40.5 Å². The van der Waals surface area contributed by atoms with Crippen molar-refractivity contribution in [3.63, 3.8) is 0 Å². The van der Waals surface area contributed by atoms with Gasteiger partial charge in [0, 0.05) is 0 Å². The SMILES string of the molecule is C=C/C=C(\C=C)C1=CCCC=C1/C(C)=C(/C=C\C)\C=C/C=C\C(C)=C\C. The summed E-state index contributed by atoms with van der Waals surface area (Å²) in [6.45, 7) is 16.2. The molecule has 0 heterocycles. The first-order chi connectivity index (χ1) is 12.6. The van der Waals surface area contributed by atoms with Gasteiger partial charge in [0.2, 0.25) is 0 Å². The number of hydrogen-bond donors (Lipinski definition) is 0. The number of allylic oxidation sites excluding steroid dienone is 18. The van der Waals surface area contributed by atoms with Crippen LogP contribution in [0.25, 0.3) is 0 Å². The molecule has 0 N–H and O–H groups in total. The van der Waals surface area contributed by atoms with Crippen LogP contribution >= 0.6 is 0 Å². The minimum atomic E-state index is 1.06. The summed E-state index contributed by atoms with van der Waals surface area (Å²) in [6.07, 6.45) is 27.4. The summed E-state index contributed by atoms with van der Waals surface area (Å²) >= 11 is 0. The Morgan fingerprint density at radius 2 is 1.58 bits per heavy atom. The summed E-state index contributed by atoms with van der Waals surface area (Å²) in [5.41, 5.74) is 7.41. The first-order valence-corrected chi connectivity index (χ1v) is 9.26. The Morgan fingerprint density at radius 3 is 2.15 bits per heavy atom. The highest BCUT2D eigenvalue weighted by Gasteiger charge is 2.14. The van der Waals surface area contributed by atoms with Gasteiger partial charge in [0.05, 0.1) is 0 Å². The summed E-state index contributed by atoms with van der Waals surface area (Å²) in [5.74, 6) is 0. The second-order valence-corrected chi connectivity index (χ2v) is 6.21. The van der Waals surface area contributed by atoms with E-state index < -0.39 is 0 Å². The van der Waals surface area contributed by atoms with E-state index in [9.17, 15) is 0 Å². The molecule has 1 rings (SSSR count). The summed E-state index contributed by atoms with van der Waals surface area (Å²) < 4.78 is 0. The minimum absolute atomic E-state index is 1.06. The molecule has 0 radical (unpaired) electrons. The fraction of sp³-hybridized carbons (Fsp3) is 0.231. The molecule has 0 atom stereocenters. The highest BCUT2D eigenvalue weighted by atomic mass is 14.2. The Balaban J connectivity index is 3.30. The van der Waals surface area contributed by atoms with Crippen molar-refractivity contribution in [1.29, 1.82) is 0 Å². The minimum Gasteiger partial charge on any atom is -0.0990 e. The molecule has 136 valence electrons. The van der Waals surface area contributed by atoms with Gasteiger partial charge in [-0.15, -0.1) is 0 Å². The van der Waals surface area contributed by atoms with Crippen molar-refractivity contribution in [2.75, 3.05) is 0 Å². The van der Waals surface area contributed by atoms with Gasteiger partial charge in [0.15, 0.2) is 0 Å². The monoisotopic (exact) mass is 344 g/mol. The van der Waals surface area contributed by atoms with E-state index in [4.69, 9.17) is 0 Å². The molecule has 0 amide bonds. The Morgan fingerprint density at radius 1 is 0.923 bits per heavy atom. The van der Waals surface area contributed by atoms with Gasteiger partial charge < -0.3 is 0 Å². The normalized spacial score (nSPS) is 17.5. The van der Waals surface area contributed by atoms with Crippen LogP contribution in [0, 0.1) is 0 Å². The Labute approximate surface area is 160 Å². The molecule has 0 aromatic heterocycles. The fourth-order valence-corrected chi connectivity index (χ4v) is 2.80.